The standard InChI is InChI=1S/C10H9NO2.C3H7NO3/c1-6-4-10(12)13-9-5-7(11)2-3-8(6)9;4-2(1-5)3(6)7/h2-5H,11H2,1H3;2,5H,1,4H2,(H,6,7). The lowest BCUT2D eigenvalue weighted by molar-refractivity contribution is -0.139. The molecule has 108 valence electrons. The lowest BCUT2D eigenvalue weighted by Crippen LogP contribution is -2.33. The number of hydrogen-bond acceptors (Lipinski definition) is 6. The minimum Gasteiger partial charge on any atom is -0.480 e. The normalized spacial score (nSPS) is 11.6. The summed E-state index contributed by atoms with van der Waals surface area (Å²) in [5.41, 5.74) is 12.0. The fourth-order valence-electron chi connectivity index (χ4n) is 1.42. The van der Waals surface area contributed by atoms with Crippen LogP contribution in [0.15, 0.2) is 33.5 Å². The number of benzene rings is 1. The van der Waals surface area contributed by atoms with Crippen molar-refractivity contribution in [1.29, 1.82) is 0 Å². The largest absolute Gasteiger partial charge is 0.480 e. The van der Waals surface area contributed by atoms with Gasteiger partial charge in [-0.3, -0.25) is 4.79 Å². The lowest BCUT2D eigenvalue weighted by Gasteiger charge is -2.00. The minimum atomic E-state index is -1.18. The number of hydrogen-bond donors (Lipinski definition) is 4. The van der Waals surface area contributed by atoms with Crippen LogP contribution in [0.2, 0.25) is 0 Å². The quantitative estimate of drug-likeness (QED) is 0.451. The maximum absolute atomic E-state index is 11.0. The number of fused-ring (bicyclic) bond motifs is 1. The highest BCUT2D eigenvalue weighted by Gasteiger charge is 2.07. The Hall–Kier alpha value is -2.38. The molecule has 0 aliphatic carbocycles. The maximum atomic E-state index is 11.0. The van der Waals surface area contributed by atoms with Crippen LogP contribution < -0.4 is 17.1 Å². The number of nitrogen functional groups attached to an aromatic ring is 1. The van der Waals surface area contributed by atoms with Crippen molar-refractivity contribution < 1.29 is 19.4 Å². The van der Waals surface area contributed by atoms with Gasteiger partial charge in [-0.05, 0) is 24.6 Å². The molecule has 0 saturated carbocycles. The minimum absolute atomic E-state index is 0.337. The molecule has 7 nitrogen and oxygen atoms in total. The summed E-state index contributed by atoms with van der Waals surface area (Å²) in [5.74, 6) is -1.18. The Bertz CT molecular complexity index is 665. The number of aryl methyl sites for hydroxylation is 1. The van der Waals surface area contributed by atoms with Gasteiger partial charge in [0.25, 0.3) is 0 Å². The van der Waals surface area contributed by atoms with E-state index in [9.17, 15) is 9.59 Å². The van der Waals surface area contributed by atoms with Crippen molar-refractivity contribution in [3.05, 3.63) is 40.2 Å². The molecule has 20 heavy (non-hydrogen) atoms. The van der Waals surface area contributed by atoms with Crippen LogP contribution in [-0.4, -0.2) is 28.8 Å². The van der Waals surface area contributed by atoms with Crippen LogP contribution in [0.25, 0.3) is 11.0 Å². The van der Waals surface area contributed by atoms with Gasteiger partial charge in [0, 0.05) is 23.2 Å². The molecule has 1 unspecified atom stereocenters. The summed E-state index contributed by atoms with van der Waals surface area (Å²) in [6.07, 6.45) is 0. The number of carboxylic acid groups (broad SMARTS) is 1. The van der Waals surface area contributed by atoms with Crippen LogP contribution in [-0.2, 0) is 4.79 Å². The molecule has 0 fully saturated rings. The number of carboxylic acids is 1. The number of carbonyl (C=O) groups is 1. The van der Waals surface area contributed by atoms with Gasteiger partial charge < -0.3 is 26.1 Å². The third kappa shape index (κ3) is 4.08. The van der Waals surface area contributed by atoms with Gasteiger partial charge in [-0.2, -0.15) is 0 Å². The number of anilines is 1. The van der Waals surface area contributed by atoms with E-state index in [0.29, 0.717) is 11.3 Å². The summed E-state index contributed by atoms with van der Waals surface area (Å²) in [4.78, 5) is 20.7. The summed E-state index contributed by atoms with van der Waals surface area (Å²) in [7, 11) is 0. The molecule has 2 aromatic rings. The molecule has 2 rings (SSSR count). The summed E-state index contributed by atoms with van der Waals surface area (Å²) in [6.45, 7) is 1.37. The zero-order valence-corrected chi connectivity index (χ0v) is 10.9. The molecule has 0 radical (unpaired) electrons. The first-order valence-corrected chi connectivity index (χ1v) is 5.74. The first-order chi connectivity index (χ1) is 9.35. The highest BCUT2D eigenvalue weighted by molar-refractivity contribution is 5.82. The zero-order valence-electron chi connectivity index (χ0n) is 10.9. The van der Waals surface area contributed by atoms with Gasteiger partial charge in [-0.25, -0.2) is 4.79 Å². The van der Waals surface area contributed by atoms with E-state index < -0.39 is 18.6 Å². The van der Waals surface area contributed by atoms with Gasteiger partial charge in [0.15, 0.2) is 0 Å². The molecule has 7 heteroatoms. The lowest BCUT2D eigenvalue weighted by atomic mass is 10.1. The van der Waals surface area contributed by atoms with Crippen LogP contribution in [0, 0.1) is 6.92 Å². The highest BCUT2D eigenvalue weighted by atomic mass is 16.4. The average Bonchev–Trinajstić information content (AvgIpc) is 2.37. The highest BCUT2D eigenvalue weighted by Crippen LogP contribution is 2.18. The van der Waals surface area contributed by atoms with E-state index in [0.717, 1.165) is 10.9 Å². The van der Waals surface area contributed by atoms with E-state index in [1.54, 1.807) is 12.1 Å². The Kier molecular flexibility index (Phi) is 5.24. The van der Waals surface area contributed by atoms with Crippen LogP contribution in [0.4, 0.5) is 5.69 Å². The molecule has 1 aromatic heterocycles. The van der Waals surface area contributed by atoms with Crippen molar-refractivity contribution in [2.75, 3.05) is 12.3 Å². The summed E-state index contributed by atoms with van der Waals surface area (Å²) < 4.78 is 4.99. The fraction of sp³-hybridized carbons (Fsp3) is 0.231. The average molecular weight is 280 g/mol. The molecular weight excluding hydrogens is 264 g/mol. The van der Waals surface area contributed by atoms with Crippen LogP contribution in [0.3, 0.4) is 0 Å². The monoisotopic (exact) mass is 280 g/mol. The molecule has 1 heterocycles. The SMILES string of the molecule is Cc1cc(=O)oc2cc(N)ccc12.NC(CO)C(=O)O. The number of aliphatic hydroxyl groups excluding tert-OH is 1. The number of nitrogens with two attached hydrogens (primary N) is 2. The zero-order chi connectivity index (χ0) is 15.3. The molecule has 0 bridgehead atoms. The molecular formula is C13H16N2O5. The van der Waals surface area contributed by atoms with E-state index in [4.69, 9.17) is 26.1 Å². The Morgan fingerprint density at radius 3 is 2.55 bits per heavy atom. The summed E-state index contributed by atoms with van der Waals surface area (Å²) in [5, 5.41) is 16.8. The first-order valence-electron chi connectivity index (χ1n) is 5.74. The van der Waals surface area contributed by atoms with E-state index in [1.165, 1.54) is 6.07 Å². The van der Waals surface area contributed by atoms with E-state index in [2.05, 4.69) is 0 Å². The second-order valence-electron chi connectivity index (χ2n) is 4.13. The van der Waals surface area contributed by atoms with Gasteiger partial charge in [-0.1, -0.05) is 0 Å². The first kappa shape index (κ1) is 15.7. The van der Waals surface area contributed by atoms with Gasteiger partial charge in [-0.15, -0.1) is 0 Å². The third-order valence-corrected chi connectivity index (χ3v) is 2.49. The Balaban J connectivity index is 0.000000246. The molecule has 0 amide bonds. The van der Waals surface area contributed by atoms with Crippen molar-refractivity contribution in [2.24, 2.45) is 5.73 Å². The molecule has 1 aromatic carbocycles. The number of aliphatic carboxylic acids is 1. The van der Waals surface area contributed by atoms with E-state index >= 15 is 0 Å². The molecule has 0 saturated heterocycles. The van der Waals surface area contributed by atoms with Crippen molar-refractivity contribution >= 4 is 22.6 Å². The number of rotatable bonds is 2. The second-order valence-corrected chi connectivity index (χ2v) is 4.13. The summed E-state index contributed by atoms with van der Waals surface area (Å²) >= 11 is 0. The topological polar surface area (TPSA) is 140 Å². The molecule has 0 aliphatic heterocycles. The van der Waals surface area contributed by atoms with Crippen molar-refractivity contribution in [3.8, 4) is 0 Å². The van der Waals surface area contributed by atoms with Gasteiger partial charge in [0.2, 0.25) is 0 Å². The third-order valence-electron chi connectivity index (χ3n) is 2.49. The van der Waals surface area contributed by atoms with Crippen molar-refractivity contribution in [2.45, 2.75) is 13.0 Å². The molecule has 0 aliphatic rings. The van der Waals surface area contributed by atoms with Gasteiger partial charge in [0.1, 0.15) is 11.6 Å². The van der Waals surface area contributed by atoms with E-state index in [-0.39, 0.29) is 5.63 Å². The summed E-state index contributed by atoms with van der Waals surface area (Å²) in [6, 6.07) is 5.64. The molecule has 6 N–H and O–H groups in total. The van der Waals surface area contributed by atoms with E-state index in [1.807, 2.05) is 13.0 Å². The van der Waals surface area contributed by atoms with Gasteiger partial charge in [0.05, 0.1) is 6.61 Å². The second kappa shape index (κ2) is 6.69. The number of aliphatic hydroxyl groups is 1. The molecule has 0 spiro atoms. The van der Waals surface area contributed by atoms with Crippen LogP contribution in [0.1, 0.15) is 5.56 Å². The maximum Gasteiger partial charge on any atom is 0.336 e. The van der Waals surface area contributed by atoms with Crippen LogP contribution in [0.5, 0.6) is 0 Å². The predicted molar refractivity (Wildman–Crippen MR) is 74.3 cm³/mol. The fourth-order valence-corrected chi connectivity index (χ4v) is 1.42. The Labute approximate surface area is 114 Å². The van der Waals surface area contributed by atoms with Crippen molar-refractivity contribution in [3.63, 3.8) is 0 Å². The Morgan fingerprint density at radius 2 is 2.05 bits per heavy atom. The molecule has 1 atom stereocenters. The Morgan fingerprint density at radius 1 is 1.40 bits per heavy atom. The smallest absolute Gasteiger partial charge is 0.336 e. The van der Waals surface area contributed by atoms with Gasteiger partial charge >= 0.3 is 11.6 Å². The predicted octanol–water partition coefficient (Wildman–Crippen LogP) is 0.0742. The van der Waals surface area contributed by atoms with Crippen LogP contribution >= 0.6 is 0 Å². The van der Waals surface area contributed by atoms with Crippen molar-refractivity contribution in [1.82, 2.24) is 0 Å².